The van der Waals surface area contributed by atoms with E-state index in [0.29, 0.717) is 13.0 Å². The maximum absolute atomic E-state index is 13.1. The third-order valence-corrected chi connectivity index (χ3v) is 18.3. The maximum Gasteiger partial charge on any atom is 0.192 e. The number of hydrogen-bond donors (Lipinski definition) is 1. The van der Waals surface area contributed by atoms with Crippen LogP contribution in [0, 0.1) is 11.5 Å². The zero-order valence-electron chi connectivity index (χ0n) is 24.7. The lowest BCUT2D eigenvalue weighted by atomic mass is 10.1. The molecule has 0 fully saturated rings. The minimum Gasteiger partial charge on any atom is -0.414 e. The van der Waals surface area contributed by atoms with Gasteiger partial charge in [-0.3, -0.25) is 0 Å². The summed E-state index contributed by atoms with van der Waals surface area (Å²) in [6.45, 7) is 35.9. The molecule has 4 nitrogen and oxygen atoms in total. The minimum atomic E-state index is -2.09. The highest BCUT2D eigenvalue weighted by Crippen LogP contribution is 2.39. The molecule has 3 atom stereocenters. The van der Waals surface area contributed by atoms with Crippen molar-refractivity contribution in [3.05, 3.63) is 0 Å². The Balaban J connectivity index is 6.23. The van der Waals surface area contributed by atoms with E-state index in [1.165, 1.54) is 0 Å². The van der Waals surface area contributed by atoms with Crippen molar-refractivity contribution in [3.63, 3.8) is 0 Å². The molecular formula is C25H55NO3SSi3. The smallest absolute Gasteiger partial charge is 0.192 e. The summed E-state index contributed by atoms with van der Waals surface area (Å²) in [7, 11) is -6.78. The van der Waals surface area contributed by atoms with Crippen LogP contribution >= 0.6 is 0 Å². The van der Waals surface area contributed by atoms with Crippen molar-refractivity contribution >= 4 is 35.7 Å². The molecule has 0 aliphatic heterocycles. The third-order valence-electron chi connectivity index (χ3n) is 6.72. The van der Waals surface area contributed by atoms with Crippen molar-refractivity contribution in [1.29, 1.82) is 0 Å². The first-order valence-corrected chi connectivity index (χ1v) is 22.8. The summed E-state index contributed by atoms with van der Waals surface area (Å²) < 4.78 is 29.8. The standard InChI is InChI=1S/C25H55NO3SSi3/c1-23(2,3)30(27)26-21(18-17-19-31(10,11)12)22(29-33(15,16)25(7,8)9)20-28-32(13,14)24(4,5)6/h21-22,26H,18,20H2,1-16H3/t21-,22+,30?/m0/s1. The molecule has 0 heterocycles. The van der Waals surface area contributed by atoms with E-state index in [1.54, 1.807) is 0 Å². The Hall–Kier alpha value is 0.241. The fourth-order valence-electron chi connectivity index (χ4n) is 2.28. The van der Waals surface area contributed by atoms with Gasteiger partial charge in [-0.2, -0.15) is 0 Å². The van der Waals surface area contributed by atoms with E-state index in [4.69, 9.17) is 8.85 Å². The molecule has 0 aromatic rings. The molecule has 0 aromatic carbocycles. The molecule has 0 saturated heterocycles. The summed E-state index contributed by atoms with van der Waals surface area (Å²) >= 11 is 0. The Bertz CT molecular complexity index is 715. The van der Waals surface area contributed by atoms with E-state index in [1.807, 2.05) is 20.8 Å². The summed E-state index contributed by atoms with van der Waals surface area (Å²) in [5.74, 6) is 3.42. The molecule has 0 spiro atoms. The van der Waals surface area contributed by atoms with Crippen molar-refractivity contribution in [2.24, 2.45) is 0 Å². The number of nitrogens with one attached hydrogen (secondary N) is 1. The third kappa shape index (κ3) is 11.7. The van der Waals surface area contributed by atoms with Crippen LogP contribution in [0.5, 0.6) is 0 Å². The molecule has 1 unspecified atom stereocenters. The second-order valence-electron chi connectivity index (χ2n) is 14.3. The average Bonchev–Trinajstić information content (AvgIpc) is 2.53. The zero-order chi connectivity index (χ0) is 26.7. The molecule has 1 N–H and O–H groups in total. The summed E-state index contributed by atoms with van der Waals surface area (Å²) in [6, 6.07) is -0.159. The van der Waals surface area contributed by atoms with Gasteiger partial charge in [-0.15, -0.1) is 11.5 Å². The molecule has 0 aromatic heterocycles. The zero-order valence-corrected chi connectivity index (χ0v) is 28.5. The summed E-state index contributed by atoms with van der Waals surface area (Å²) in [5.41, 5.74) is 3.48. The van der Waals surface area contributed by atoms with Crippen LogP contribution in [0.2, 0.25) is 55.9 Å². The molecule has 196 valence electrons. The van der Waals surface area contributed by atoms with Crippen molar-refractivity contribution in [3.8, 4) is 11.5 Å². The van der Waals surface area contributed by atoms with E-state index in [2.05, 4.69) is 104 Å². The second kappa shape index (κ2) is 11.5. The Kier molecular flexibility index (Phi) is 11.6. The average molecular weight is 534 g/mol. The summed E-state index contributed by atoms with van der Waals surface area (Å²) in [4.78, 5) is 0. The molecule has 0 saturated carbocycles. The molecule has 0 radical (unpaired) electrons. The van der Waals surface area contributed by atoms with Crippen LogP contribution < -0.4 is 4.72 Å². The molecule has 33 heavy (non-hydrogen) atoms. The molecule has 0 rings (SSSR count). The maximum atomic E-state index is 13.1. The van der Waals surface area contributed by atoms with E-state index in [-0.39, 0.29) is 27.0 Å². The van der Waals surface area contributed by atoms with E-state index in [9.17, 15) is 4.21 Å². The molecule has 0 aliphatic carbocycles. The van der Waals surface area contributed by atoms with Crippen LogP contribution in [0.4, 0.5) is 0 Å². The quantitative estimate of drug-likeness (QED) is 0.254. The van der Waals surface area contributed by atoms with Gasteiger partial charge in [0.25, 0.3) is 0 Å². The number of rotatable bonds is 9. The van der Waals surface area contributed by atoms with E-state index < -0.39 is 35.7 Å². The van der Waals surface area contributed by atoms with Crippen molar-refractivity contribution in [2.75, 3.05) is 6.61 Å². The van der Waals surface area contributed by atoms with Crippen LogP contribution in [0.3, 0.4) is 0 Å². The lowest BCUT2D eigenvalue weighted by Crippen LogP contribution is -2.55. The first-order valence-electron chi connectivity index (χ1n) is 12.3. The lowest BCUT2D eigenvalue weighted by molar-refractivity contribution is 0.0836. The molecule has 8 heteroatoms. The Morgan fingerprint density at radius 1 is 0.818 bits per heavy atom. The van der Waals surface area contributed by atoms with Crippen LogP contribution in [0.15, 0.2) is 0 Å². The largest absolute Gasteiger partial charge is 0.414 e. The van der Waals surface area contributed by atoms with Gasteiger partial charge in [-0.05, 0) is 57.0 Å². The fourth-order valence-corrected chi connectivity index (χ4v) is 6.14. The van der Waals surface area contributed by atoms with Gasteiger partial charge in [-0.25, -0.2) is 8.93 Å². The highest BCUT2D eigenvalue weighted by Gasteiger charge is 2.43. The summed E-state index contributed by atoms with van der Waals surface area (Å²) in [5, 5.41) is 0.184. The van der Waals surface area contributed by atoms with Gasteiger partial charge in [0.2, 0.25) is 0 Å². The monoisotopic (exact) mass is 533 g/mol. The van der Waals surface area contributed by atoms with Gasteiger partial charge in [0.05, 0.1) is 34.5 Å². The number of hydrogen-bond acceptors (Lipinski definition) is 3. The van der Waals surface area contributed by atoms with Crippen LogP contribution in [-0.4, -0.2) is 52.4 Å². The van der Waals surface area contributed by atoms with Crippen LogP contribution in [0.25, 0.3) is 0 Å². The first-order chi connectivity index (χ1) is 14.3. The molecule has 0 bridgehead atoms. The van der Waals surface area contributed by atoms with Gasteiger partial charge in [0.15, 0.2) is 16.6 Å². The van der Waals surface area contributed by atoms with Crippen molar-refractivity contribution < 1.29 is 13.1 Å². The Morgan fingerprint density at radius 2 is 1.27 bits per heavy atom. The van der Waals surface area contributed by atoms with E-state index >= 15 is 0 Å². The van der Waals surface area contributed by atoms with Crippen LogP contribution in [0.1, 0.15) is 68.7 Å². The Morgan fingerprint density at radius 3 is 1.64 bits per heavy atom. The summed E-state index contributed by atoms with van der Waals surface area (Å²) in [6.07, 6.45) is 0.397. The van der Waals surface area contributed by atoms with Gasteiger partial charge >= 0.3 is 0 Å². The van der Waals surface area contributed by atoms with Gasteiger partial charge < -0.3 is 8.85 Å². The van der Waals surface area contributed by atoms with Gasteiger partial charge in [0.1, 0.15) is 8.07 Å². The SMILES string of the molecule is CC(C)(C)S(=O)N[C@@H](CC#C[Si](C)(C)C)[C@@H](CO[Si](C)(C)C(C)(C)C)O[Si](C)(C)C(C)(C)C. The fraction of sp³-hybridized carbons (Fsp3) is 0.920. The normalized spacial score (nSPS) is 17.2. The molecule has 0 amide bonds. The second-order valence-corrected chi connectivity index (χ2v) is 30.7. The van der Waals surface area contributed by atoms with E-state index in [0.717, 1.165) is 0 Å². The Labute approximate surface area is 212 Å². The van der Waals surface area contributed by atoms with Gasteiger partial charge in [-0.1, -0.05) is 61.2 Å². The van der Waals surface area contributed by atoms with Crippen LogP contribution in [-0.2, 0) is 19.8 Å². The topological polar surface area (TPSA) is 47.6 Å². The predicted molar refractivity (Wildman–Crippen MR) is 156 cm³/mol. The lowest BCUT2D eigenvalue weighted by Gasteiger charge is -2.43. The van der Waals surface area contributed by atoms with Gasteiger partial charge in [0, 0.05) is 6.42 Å². The van der Waals surface area contributed by atoms with Crippen molar-refractivity contribution in [2.45, 2.75) is 142 Å². The molecule has 0 aliphatic rings. The molecular weight excluding hydrogens is 479 g/mol. The minimum absolute atomic E-state index is 0.0694. The first kappa shape index (κ1) is 33.2. The van der Waals surface area contributed by atoms with Crippen molar-refractivity contribution in [1.82, 2.24) is 4.72 Å². The highest BCUT2D eigenvalue weighted by atomic mass is 32.2. The highest BCUT2D eigenvalue weighted by molar-refractivity contribution is 7.84. The predicted octanol–water partition coefficient (Wildman–Crippen LogP) is 7.09.